The number of benzene rings is 1. The van der Waals surface area contributed by atoms with Crippen LogP contribution in [-0.2, 0) is 20.7 Å². The first kappa shape index (κ1) is 17.5. The number of carbonyl (C=O) groups is 2. The van der Waals surface area contributed by atoms with Gasteiger partial charge in [-0.25, -0.2) is 0 Å². The molecule has 1 fully saturated rings. The molecule has 5 nitrogen and oxygen atoms in total. The predicted octanol–water partition coefficient (Wildman–Crippen LogP) is 1.75. The summed E-state index contributed by atoms with van der Waals surface area (Å²) in [4.78, 5) is 25.2. The minimum absolute atomic E-state index is 0.338. The van der Waals surface area contributed by atoms with E-state index in [-0.39, 0.29) is 12.0 Å². The summed E-state index contributed by atoms with van der Waals surface area (Å²) in [6.45, 7) is 5.07. The highest BCUT2D eigenvalue weighted by atomic mass is 16.5. The van der Waals surface area contributed by atoms with E-state index in [1.54, 1.807) is 0 Å². The maximum atomic E-state index is 12.1. The number of esters is 1. The zero-order valence-corrected chi connectivity index (χ0v) is 13.9. The molecule has 0 aliphatic carbocycles. The lowest BCUT2D eigenvalue weighted by Gasteiger charge is -2.35. The largest absolute Gasteiger partial charge is 0.451 e. The number of hydrogen-bond acceptors (Lipinski definition) is 4. The molecule has 0 spiro atoms. The number of primary amides is 1. The Morgan fingerprint density at radius 2 is 1.83 bits per heavy atom. The van der Waals surface area contributed by atoms with Crippen molar-refractivity contribution in [1.29, 1.82) is 0 Å². The van der Waals surface area contributed by atoms with Crippen molar-refractivity contribution < 1.29 is 14.3 Å². The molecule has 1 aliphatic heterocycles. The second kappa shape index (κ2) is 8.11. The van der Waals surface area contributed by atoms with Crippen molar-refractivity contribution in [3.8, 4) is 0 Å². The van der Waals surface area contributed by atoms with E-state index in [4.69, 9.17) is 10.5 Å². The normalized spacial score (nSPS) is 19.0. The zero-order chi connectivity index (χ0) is 16.8. The van der Waals surface area contributed by atoms with Gasteiger partial charge in [-0.2, -0.15) is 0 Å². The Bertz CT molecular complexity index is 524. The second-order valence-corrected chi connectivity index (χ2v) is 6.33. The highest BCUT2D eigenvalue weighted by Gasteiger charge is 2.29. The maximum absolute atomic E-state index is 12.1. The molecular formula is C18H26N2O3. The summed E-state index contributed by atoms with van der Waals surface area (Å²) in [5.74, 6) is -0.341. The van der Waals surface area contributed by atoms with Crippen LogP contribution in [0.5, 0.6) is 0 Å². The van der Waals surface area contributed by atoms with Crippen molar-refractivity contribution in [1.82, 2.24) is 4.90 Å². The predicted molar refractivity (Wildman–Crippen MR) is 88.7 cm³/mol. The Kier molecular flexibility index (Phi) is 6.16. The summed E-state index contributed by atoms with van der Waals surface area (Å²) in [5, 5.41) is 0. The molecule has 0 bridgehead atoms. The van der Waals surface area contributed by atoms with Crippen molar-refractivity contribution in [3.05, 3.63) is 35.9 Å². The fraction of sp³-hybridized carbons (Fsp3) is 0.556. The van der Waals surface area contributed by atoms with E-state index < -0.39 is 12.0 Å². The van der Waals surface area contributed by atoms with Crippen LogP contribution in [0.3, 0.4) is 0 Å². The van der Waals surface area contributed by atoms with E-state index in [1.807, 2.05) is 13.0 Å². The fourth-order valence-corrected chi connectivity index (χ4v) is 2.97. The first-order valence-corrected chi connectivity index (χ1v) is 8.25. The standard InChI is InChI=1S/C18H26N2O3/c1-13(18(22)23-14(2)17(19)21)20-10-8-16(9-11-20)12-15-6-4-3-5-7-15/h3-7,13-14,16H,8-12H2,1-2H3,(H2,19,21)/t13-,14-/m1/s1. The number of piperidine rings is 1. The topological polar surface area (TPSA) is 72.6 Å². The van der Waals surface area contributed by atoms with Crippen LogP contribution in [0.25, 0.3) is 0 Å². The SMILES string of the molecule is C[C@H](C(=O)O[C@H](C)C(N)=O)N1CCC(Cc2ccccc2)CC1. The minimum atomic E-state index is -0.874. The molecule has 0 unspecified atom stereocenters. The van der Waals surface area contributed by atoms with E-state index in [1.165, 1.54) is 12.5 Å². The first-order valence-electron chi connectivity index (χ1n) is 8.25. The monoisotopic (exact) mass is 318 g/mol. The number of nitrogens with zero attached hydrogens (tertiary/aromatic N) is 1. The fourth-order valence-electron chi connectivity index (χ4n) is 2.97. The average Bonchev–Trinajstić information content (AvgIpc) is 2.55. The van der Waals surface area contributed by atoms with Crippen LogP contribution in [-0.4, -0.2) is 42.0 Å². The summed E-state index contributed by atoms with van der Waals surface area (Å²) in [6, 6.07) is 10.2. The number of ether oxygens (including phenoxy) is 1. The van der Waals surface area contributed by atoms with Crippen molar-refractivity contribution in [2.45, 2.75) is 45.3 Å². The molecule has 1 amide bonds. The number of carbonyl (C=O) groups excluding carboxylic acids is 2. The van der Waals surface area contributed by atoms with E-state index in [2.05, 4.69) is 29.2 Å². The van der Waals surface area contributed by atoms with Gasteiger partial charge in [-0.15, -0.1) is 0 Å². The van der Waals surface area contributed by atoms with Gasteiger partial charge in [-0.05, 0) is 57.7 Å². The van der Waals surface area contributed by atoms with Crippen LogP contribution in [0.1, 0.15) is 32.3 Å². The lowest BCUT2D eigenvalue weighted by atomic mass is 9.89. The summed E-state index contributed by atoms with van der Waals surface area (Å²) in [5.41, 5.74) is 6.49. The second-order valence-electron chi connectivity index (χ2n) is 6.33. The Morgan fingerprint density at radius 3 is 2.39 bits per heavy atom. The van der Waals surface area contributed by atoms with Crippen LogP contribution in [0.15, 0.2) is 30.3 Å². The number of nitrogens with two attached hydrogens (primary N) is 1. The third-order valence-electron chi connectivity index (χ3n) is 4.60. The van der Waals surface area contributed by atoms with E-state index >= 15 is 0 Å². The van der Waals surface area contributed by atoms with Gasteiger partial charge in [0.15, 0.2) is 6.10 Å². The van der Waals surface area contributed by atoms with Gasteiger partial charge in [0.2, 0.25) is 0 Å². The highest BCUT2D eigenvalue weighted by molar-refractivity contribution is 5.83. The Morgan fingerprint density at radius 1 is 1.22 bits per heavy atom. The minimum Gasteiger partial charge on any atom is -0.451 e. The Balaban J connectivity index is 1.79. The molecule has 0 radical (unpaired) electrons. The van der Waals surface area contributed by atoms with E-state index in [0.29, 0.717) is 5.92 Å². The van der Waals surface area contributed by atoms with Gasteiger partial charge in [-0.3, -0.25) is 14.5 Å². The molecule has 1 saturated heterocycles. The van der Waals surface area contributed by atoms with Gasteiger partial charge in [-0.1, -0.05) is 30.3 Å². The van der Waals surface area contributed by atoms with Gasteiger partial charge >= 0.3 is 5.97 Å². The molecule has 0 aromatic heterocycles. The number of amides is 1. The summed E-state index contributed by atoms with van der Waals surface area (Å²) in [7, 11) is 0. The molecule has 1 aromatic rings. The highest BCUT2D eigenvalue weighted by Crippen LogP contribution is 2.23. The Hall–Kier alpha value is -1.88. The van der Waals surface area contributed by atoms with Gasteiger partial charge in [0.1, 0.15) is 6.04 Å². The third kappa shape index (κ3) is 5.06. The lowest BCUT2D eigenvalue weighted by molar-refractivity contribution is -0.159. The summed E-state index contributed by atoms with van der Waals surface area (Å²) >= 11 is 0. The molecule has 2 atom stereocenters. The van der Waals surface area contributed by atoms with Crippen LogP contribution in [0, 0.1) is 5.92 Å². The van der Waals surface area contributed by atoms with Crippen molar-refractivity contribution >= 4 is 11.9 Å². The number of rotatable bonds is 6. The van der Waals surface area contributed by atoms with Crippen molar-refractivity contribution in [2.75, 3.05) is 13.1 Å². The zero-order valence-electron chi connectivity index (χ0n) is 13.9. The van der Waals surface area contributed by atoms with Gasteiger partial charge in [0, 0.05) is 0 Å². The number of hydrogen-bond donors (Lipinski definition) is 1. The molecule has 2 rings (SSSR count). The van der Waals surface area contributed by atoms with Crippen LogP contribution in [0.4, 0.5) is 0 Å². The van der Waals surface area contributed by atoms with Crippen molar-refractivity contribution in [2.24, 2.45) is 11.7 Å². The molecule has 126 valence electrons. The third-order valence-corrected chi connectivity index (χ3v) is 4.60. The van der Waals surface area contributed by atoms with Crippen molar-refractivity contribution in [3.63, 3.8) is 0 Å². The molecule has 1 aliphatic rings. The van der Waals surface area contributed by atoms with E-state index in [0.717, 1.165) is 32.4 Å². The van der Waals surface area contributed by atoms with Crippen LogP contribution in [0.2, 0.25) is 0 Å². The molecule has 23 heavy (non-hydrogen) atoms. The maximum Gasteiger partial charge on any atom is 0.323 e. The van der Waals surface area contributed by atoms with Gasteiger partial charge < -0.3 is 10.5 Å². The molecule has 0 saturated carbocycles. The first-order chi connectivity index (χ1) is 11.0. The number of likely N-dealkylation sites (tertiary alicyclic amines) is 1. The van der Waals surface area contributed by atoms with Crippen LogP contribution >= 0.6 is 0 Å². The quantitative estimate of drug-likeness (QED) is 0.811. The Labute approximate surface area is 137 Å². The average molecular weight is 318 g/mol. The van der Waals surface area contributed by atoms with Gasteiger partial charge in [0.05, 0.1) is 0 Å². The van der Waals surface area contributed by atoms with Crippen LogP contribution < -0.4 is 5.73 Å². The molecular weight excluding hydrogens is 292 g/mol. The smallest absolute Gasteiger partial charge is 0.323 e. The lowest BCUT2D eigenvalue weighted by Crippen LogP contribution is -2.46. The van der Waals surface area contributed by atoms with E-state index in [9.17, 15) is 9.59 Å². The molecule has 1 heterocycles. The summed E-state index contributed by atoms with van der Waals surface area (Å²) in [6.07, 6.45) is 2.35. The summed E-state index contributed by atoms with van der Waals surface area (Å²) < 4.78 is 5.09. The molecule has 1 aromatic carbocycles. The van der Waals surface area contributed by atoms with Gasteiger partial charge in [0.25, 0.3) is 5.91 Å². The molecule has 5 heteroatoms. The molecule has 2 N–H and O–H groups in total.